The second kappa shape index (κ2) is 2.78. The molecule has 9 heavy (non-hydrogen) atoms. The van der Waals surface area contributed by atoms with Crippen LogP contribution in [-0.2, 0) is 4.79 Å². The van der Waals surface area contributed by atoms with Gasteiger partial charge in [0.15, 0.2) is 6.29 Å². The summed E-state index contributed by atoms with van der Waals surface area (Å²) in [6.45, 7) is 0.520. The highest BCUT2D eigenvalue weighted by molar-refractivity contribution is 6.34. The Morgan fingerprint density at radius 2 is 2.67 bits per heavy atom. The quantitative estimate of drug-likeness (QED) is 0.395. The Bertz CT molecular complexity index is 174. The van der Waals surface area contributed by atoms with Crippen LogP contribution in [0.1, 0.15) is 0 Å². The van der Waals surface area contributed by atoms with E-state index in [1.807, 2.05) is 0 Å². The number of carbonyl (C=O) groups is 1. The molecule has 0 spiro atoms. The van der Waals surface area contributed by atoms with E-state index >= 15 is 0 Å². The van der Waals surface area contributed by atoms with Crippen molar-refractivity contribution in [2.75, 3.05) is 6.54 Å². The Balaban J connectivity index is 2.62. The Morgan fingerprint density at radius 3 is 3.11 bits per heavy atom. The minimum absolute atomic E-state index is 0.0336. The molecule has 1 atom stereocenters. The highest BCUT2D eigenvalue weighted by atomic mass is 35.5. The van der Waals surface area contributed by atoms with Crippen LogP contribution in [0.25, 0.3) is 0 Å². The topological polar surface area (TPSA) is 29.4 Å². The Labute approximate surface area is 58.2 Å². The smallest absolute Gasteiger partial charge is 0.167 e. The number of hydrogen-bond acceptors (Lipinski definition) is 2. The Hall–Kier alpha value is -0.630. The predicted molar refractivity (Wildman–Crippen MR) is 37.1 cm³/mol. The monoisotopic (exact) mass is 143 g/mol. The van der Waals surface area contributed by atoms with Crippen LogP contribution in [0.3, 0.4) is 0 Å². The number of hydrogen-bond donors (Lipinski definition) is 0. The maximum absolute atomic E-state index is 10.0. The lowest BCUT2D eigenvalue weighted by Crippen LogP contribution is -2.09. The van der Waals surface area contributed by atoms with Crippen molar-refractivity contribution in [1.29, 1.82) is 0 Å². The molecule has 1 heterocycles. The van der Waals surface area contributed by atoms with E-state index in [9.17, 15) is 4.79 Å². The van der Waals surface area contributed by atoms with Gasteiger partial charge in [-0.1, -0.05) is 6.08 Å². The first-order chi connectivity index (χ1) is 4.33. The SMILES string of the molecule is O=CC1=NCC(Cl)C=C1. The van der Waals surface area contributed by atoms with Crippen LogP contribution in [0, 0.1) is 0 Å². The summed E-state index contributed by atoms with van der Waals surface area (Å²) >= 11 is 5.63. The number of allylic oxidation sites excluding steroid dienone is 1. The molecule has 0 bridgehead atoms. The van der Waals surface area contributed by atoms with Crippen LogP contribution in [0.4, 0.5) is 0 Å². The third-order valence-corrected chi connectivity index (χ3v) is 1.33. The van der Waals surface area contributed by atoms with Gasteiger partial charge in [-0.3, -0.25) is 9.79 Å². The fourth-order valence-corrected chi connectivity index (χ4v) is 0.727. The van der Waals surface area contributed by atoms with E-state index in [0.29, 0.717) is 12.3 Å². The molecule has 0 aromatic rings. The van der Waals surface area contributed by atoms with Gasteiger partial charge in [0.25, 0.3) is 0 Å². The van der Waals surface area contributed by atoms with E-state index in [4.69, 9.17) is 11.6 Å². The van der Waals surface area contributed by atoms with E-state index in [1.165, 1.54) is 0 Å². The van der Waals surface area contributed by atoms with Crippen LogP contribution in [-0.4, -0.2) is 23.9 Å². The van der Waals surface area contributed by atoms with Gasteiger partial charge in [-0.25, -0.2) is 0 Å². The molecule has 0 amide bonds. The maximum Gasteiger partial charge on any atom is 0.167 e. The fraction of sp³-hybridized carbons (Fsp3) is 0.333. The number of rotatable bonds is 1. The van der Waals surface area contributed by atoms with Gasteiger partial charge < -0.3 is 0 Å². The second-order valence-electron chi connectivity index (χ2n) is 1.76. The summed E-state index contributed by atoms with van der Waals surface area (Å²) in [5.74, 6) is 0. The number of carbonyl (C=O) groups excluding carboxylic acids is 1. The fourth-order valence-electron chi connectivity index (χ4n) is 0.586. The zero-order valence-corrected chi connectivity index (χ0v) is 5.51. The third-order valence-electron chi connectivity index (χ3n) is 1.04. The molecule has 2 nitrogen and oxygen atoms in total. The van der Waals surface area contributed by atoms with Crippen molar-refractivity contribution in [2.24, 2.45) is 4.99 Å². The average Bonchev–Trinajstić information content (AvgIpc) is 1.90. The molecule has 1 unspecified atom stereocenters. The van der Waals surface area contributed by atoms with Crippen molar-refractivity contribution in [2.45, 2.75) is 5.38 Å². The normalized spacial score (nSPS) is 25.4. The van der Waals surface area contributed by atoms with Gasteiger partial charge in [-0.15, -0.1) is 11.6 Å². The number of dihydropyridines is 1. The minimum Gasteiger partial charge on any atom is -0.296 e. The van der Waals surface area contributed by atoms with E-state index in [2.05, 4.69) is 4.99 Å². The molecule has 0 aromatic heterocycles. The number of aldehydes is 1. The first-order valence-electron chi connectivity index (χ1n) is 2.65. The lowest BCUT2D eigenvalue weighted by molar-refractivity contribution is -0.102. The van der Waals surface area contributed by atoms with Crippen molar-refractivity contribution in [3.05, 3.63) is 12.2 Å². The molecule has 0 saturated carbocycles. The number of nitrogens with zero attached hydrogens (tertiary/aromatic N) is 1. The van der Waals surface area contributed by atoms with Crippen LogP contribution in [0.2, 0.25) is 0 Å². The van der Waals surface area contributed by atoms with Crippen molar-refractivity contribution < 1.29 is 4.79 Å². The molecule has 48 valence electrons. The molecule has 1 aliphatic heterocycles. The van der Waals surface area contributed by atoms with Crippen molar-refractivity contribution in [3.8, 4) is 0 Å². The molecule has 0 aromatic carbocycles. The molecule has 3 heteroatoms. The van der Waals surface area contributed by atoms with Gasteiger partial charge in [0.05, 0.1) is 17.6 Å². The molecular formula is C6H6ClNO. The molecular weight excluding hydrogens is 138 g/mol. The minimum atomic E-state index is -0.0336. The summed E-state index contributed by atoms with van der Waals surface area (Å²) in [5.41, 5.74) is 0.479. The van der Waals surface area contributed by atoms with Crippen molar-refractivity contribution in [1.82, 2.24) is 0 Å². The summed E-state index contributed by atoms with van der Waals surface area (Å²) in [6, 6.07) is 0. The lowest BCUT2D eigenvalue weighted by atomic mass is 10.2. The molecule has 0 fully saturated rings. The van der Waals surface area contributed by atoms with Gasteiger partial charge in [0.1, 0.15) is 0 Å². The van der Waals surface area contributed by atoms with Gasteiger partial charge in [-0.2, -0.15) is 0 Å². The molecule has 0 saturated heterocycles. The lowest BCUT2D eigenvalue weighted by Gasteiger charge is -2.03. The zero-order chi connectivity index (χ0) is 6.69. The first-order valence-corrected chi connectivity index (χ1v) is 3.08. The summed E-state index contributed by atoms with van der Waals surface area (Å²) in [7, 11) is 0. The molecule has 0 radical (unpaired) electrons. The van der Waals surface area contributed by atoms with Gasteiger partial charge in [-0.05, 0) is 6.08 Å². The van der Waals surface area contributed by atoms with Gasteiger partial charge in [0, 0.05) is 0 Å². The summed E-state index contributed by atoms with van der Waals surface area (Å²) in [5, 5.41) is -0.0336. The van der Waals surface area contributed by atoms with Crippen LogP contribution < -0.4 is 0 Å². The van der Waals surface area contributed by atoms with E-state index < -0.39 is 0 Å². The molecule has 1 aliphatic rings. The number of halogens is 1. The number of aliphatic imine (C=N–C) groups is 1. The van der Waals surface area contributed by atoms with E-state index in [1.54, 1.807) is 12.2 Å². The standard InChI is InChI=1S/C6H6ClNO/c7-5-1-2-6(4-9)8-3-5/h1-2,4-5H,3H2. The Morgan fingerprint density at radius 1 is 1.89 bits per heavy atom. The van der Waals surface area contributed by atoms with Gasteiger partial charge in [0.2, 0.25) is 0 Å². The van der Waals surface area contributed by atoms with E-state index in [-0.39, 0.29) is 5.38 Å². The zero-order valence-electron chi connectivity index (χ0n) is 4.75. The van der Waals surface area contributed by atoms with Crippen LogP contribution >= 0.6 is 11.6 Å². The first kappa shape index (κ1) is 6.49. The third kappa shape index (κ3) is 1.64. The number of alkyl halides is 1. The van der Waals surface area contributed by atoms with Crippen LogP contribution in [0.5, 0.6) is 0 Å². The molecule has 0 N–H and O–H groups in total. The second-order valence-corrected chi connectivity index (χ2v) is 2.32. The summed E-state index contributed by atoms with van der Waals surface area (Å²) in [4.78, 5) is 13.9. The summed E-state index contributed by atoms with van der Waals surface area (Å²) < 4.78 is 0. The van der Waals surface area contributed by atoms with Crippen LogP contribution in [0.15, 0.2) is 17.1 Å². The highest BCUT2D eigenvalue weighted by Gasteiger charge is 2.03. The van der Waals surface area contributed by atoms with Crippen molar-refractivity contribution in [3.63, 3.8) is 0 Å². The largest absolute Gasteiger partial charge is 0.296 e. The predicted octanol–water partition coefficient (Wildman–Crippen LogP) is 0.803. The highest BCUT2D eigenvalue weighted by Crippen LogP contribution is 2.03. The Kier molecular flexibility index (Phi) is 2.01. The molecule has 1 rings (SSSR count). The van der Waals surface area contributed by atoms with E-state index in [0.717, 1.165) is 6.29 Å². The molecule has 0 aliphatic carbocycles. The maximum atomic E-state index is 10.0. The van der Waals surface area contributed by atoms with Gasteiger partial charge >= 0.3 is 0 Å². The average molecular weight is 144 g/mol. The van der Waals surface area contributed by atoms with Crippen molar-refractivity contribution >= 4 is 23.6 Å². The summed E-state index contributed by atoms with van der Waals surface area (Å²) in [6.07, 6.45) is 4.12.